The van der Waals surface area contributed by atoms with E-state index in [9.17, 15) is 4.57 Å². The van der Waals surface area contributed by atoms with Crippen molar-refractivity contribution in [3.05, 3.63) is 42.5 Å². The first-order valence-corrected chi connectivity index (χ1v) is 6.96. The number of benzene rings is 1. The molecule has 100 valence electrons. The maximum atomic E-state index is 12.1. The van der Waals surface area contributed by atoms with E-state index in [1.54, 1.807) is 38.1 Å². The predicted octanol–water partition coefficient (Wildman–Crippen LogP) is 3.73. The fraction of sp³-hybridized carbons (Fsp3) is 0.333. The molecule has 1 atom stereocenters. The molecule has 0 saturated carbocycles. The minimum atomic E-state index is -3.76. The lowest BCUT2D eigenvalue weighted by molar-refractivity contribution is -0.214. The summed E-state index contributed by atoms with van der Waals surface area (Å²) in [5.74, 6) is 0.383. The fourth-order valence-electron chi connectivity index (χ4n) is 1.02. The molecule has 0 radical (unpaired) electrons. The Morgan fingerprint density at radius 1 is 1.33 bits per heavy atom. The summed E-state index contributed by atoms with van der Waals surface area (Å²) >= 11 is 0. The average molecular weight is 272 g/mol. The van der Waals surface area contributed by atoms with Crippen LogP contribution < -0.4 is 4.52 Å². The van der Waals surface area contributed by atoms with Crippen LogP contribution in [0.25, 0.3) is 0 Å². The van der Waals surface area contributed by atoms with Gasteiger partial charge in [0.1, 0.15) is 12.4 Å². The topological polar surface area (TPSA) is 54.0 Å². The number of hydrogen-bond acceptors (Lipinski definition) is 5. The van der Waals surface area contributed by atoms with Crippen molar-refractivity contribution in [3.63, 3.8) is 0 Å². The molecule has 5 nitrogen and oxygen atoms in total. The Kier molecular flexibility index (Phi) is 6.09. The van der Waals surface area contributed by atoms with Gasteiger partial charge in [0, 0.05) is 0 Å². The number of para-hydroxylation sites is 1. The highest BCUT2D eigenvalue weighted by atomic mass is 31.2. The van der Waals surface area contributed by atoms with E-state index in [1.807, 2.05) is 6.07 Å². The molecule has 0 fully saturated rings. The highest BCUT2D eigenvalue weighted by Crippen LogP contribution is 2.49. The van der Waals surface area contributed by atoms with Crippen molar-refractivity contribution in [1.29, 1.82) is 0 Å². The summed E-state index contributed by atoms with van der Waals surface area (Å²) in [6, 6.07) is 8.61. The number of hydrogen-bond donors (Lipinski definition) is 0. The molecule has 0 bridgehead atoms. The van der Waals surface area contributed by atoms with Gasteiger partial charge in [0.05, 0.1) is 6.61 Å². The van der Waals surface area contributed by atoms with Crippen molar-refractivity contribution in [1.82, 2.24) is 0 Å². The molecule has 0 aliphatic carbocycles. The minimum Gasteiger partial charge on any atom is -0.403 e. The first-order valence-electron chi connectivity index (χ1n) is 5.50. The maximum absolute atomic E-state index is 12.1. The molecule has 18 heavy (non-hydrogen) atoms. The fourth-order valence-corrected chi connectivity index (χ4v) is 2.03. The van der Waals surface area contributed by atoms with E-state index in [4.69, 9.17) is 18.6 Å². The largest absolute Gasteiger partial charge is 0.557 e. The zero-order chi connectivity index (χ0) is 13.4. The van der Waals surface area contributed by atoms with Crippen molar-refractivity contribution in [3.8, 4) is 5.75 Å². The standard InChI is InChI=1S/C12H17O5P/c1-4-15-18(13,17-14-10-11(2)3)16-12-8-6-5-7-9-12/h5-9H,2,4,10H2,1,3H3. The third kappa shape index (κ3) is 5.47. The van der Waals surface area contributed by atoms with E-state index < -0.39 is 7.82 Å². The van der Waals surface area contributed by atoms with Crippen LogP contribution in [-0.2, 0) is 18.7 Å². The van der Waals surface area contributed by atoms with E-state index in [0.717, 1.165) is 5.57 Å². The molecule has 0 amide bonds. The molecule has 1 aromatic rings. The summed E-state index contributed by atoms with van der Waals surface area (Å²) in [5, 5.41) is 0. The van der Waals surface area contributed by atoms with Gasteiger partial charge < -0.3 is 4.52 Å². The quantitative estimate of drug-likeness (QED) is 0.312. The van der Waals surface area contributed by atoms with Crippen LogP contribution in [0.3, 0.4) is 0 Å². The third-order valence-electron chi connectivity index (χ3n) is 1.70. The van der Waals surface area contributed by atoms with Crippen LogP contribution in [0, 0.1) is 0 Å². The molecule has 1 aromatic carbocycles. The monoisotopic (exact) mass is 272 g/mol. The van der Waals surface area contributed by atoms with Gasteiger partial charge in [-0.05, 0) is 26.0 Å². The van der Waals surface area contributed by atoms with Crippen LogP contribution in [0.2, 0.25) is 0 Å². The van der Waals surface area contributed by atoms with Gasteiger partial charge in [0.25, 0.3) is 0 Å². The van der Waals surface area contributed by atoms with Crippen LogP contribution >= 0.6 is 7.82 Å². The Hall–Kier alpha value is -1.13. The highest BCUT2D eigenvalue weighted by molar-refractivity contribution is 7.48. The van der Waals surface area contributed by atoms with E-state index in [1.165, 1.54) is 0 Å². The predicted molar refractivity (Wildman–Crippen MR) is 68.2 cm³/mol. The molecular weight excluding hydrogens is 255 g/mol. The lowest BCUT2D eigenvalue weighted by atomic mass is 10.3. The van der Waals surface area contributed by atoms with Gasteiger partial charge in [-0.15, -0.1) is 4.67 Å². The van der Waals surface area contributed by atoms with Gasteiger partial charge in [-0.2, -0.15) is 0 Å². The second-order valence-corrected chi connectivity index (χ2v) is 5.05. The lowest BCUT2D eigenvalue weighted by Gasteiger charge is -2.16. The summed E-state index contributed by atoms with van der Waals surface area (Å²) in [5.41, 5.74) is 0.734. The SMILES string of the molecule is C=C(C)COOP(=O)(OCC)Oc1ccccc1. The molecule has 0 N–H and O–H groups in total. The molecule has 0 aliphatic rings. The van der Waals surface area contributed by atoms with Crippen LogP contribution in [0.4, 0.5) is 0 Å². The molecule has 0 aliphatic heterocycles. The molecule has 6 heteroatoms. The third-order valence-corrected chi connectivity index (χ3v) is 2.99. The normalized spacial score (nSPS) is 13.9. The molecule has 1 rings (SSSR count). The van der Waals surface area contributed by atoms with Crippen LogP contribution in [0.1, 0.15) is 13.8 Å². The van der Waals surface area contributed by atoms with Crippen LogP contribution in [-0.4, -0.2) is 13.2 Å². The zero-order valence-electron chi connectivity index (χ0n) is 10.5. The molecule has 0 aromatic heterocycles. The minimum absolute atomic E-state index is 0.120. The van der Waals surface area contributed by atoms with E-state index in [2.05, 4.69) is 6.58 Å². The highest BCUT2D eigenvalue weighted by Gasteiger charge is 2.29. The average Bonchev–Trinajstić information content (AvgIpc) is 2.29. The second kappa shape index (κ2) is 7.34. The Balaban J connectivity index is 2.62. The molecule has 0 heterocycles. The number of rotatable bonds is 8. The smallest absolute Gasteiger partial charge is 0.403 e. The van der Waals surface area contributed by atoms with Crippen molar-refractivity contribution in [2.45, 2.75) is 13.8 Å². The Morgan fingerprint density at radius 2 is 2.00 bits per heavy atom. The van der Waals surface area contributed by atoms with Crippen molar-refractivity contribution >= 4 is 7.82 Å². The van der Waals surface area contributed by atoms with E-state index in [-0.39, 0.29) is 13.2 Å². The summed E-state index contributed by atoms with van der Waals surface area (Å²) in [7, 11) is -3.76. The van der Waals surface area contributed by atoms with Gasteiger partial charge in [-0.1, -0.05) is 30.4 Å². The Labute approximate surface area is 107 Å². The van der Waals surface area contributed by atoms with E-state index >= 15 is 0 Å². The van der Waals surface area contributed by atoms with Crippen molar-refractivity contribution in [2.24, 2.45) is 0 Å². The number of phosphoric acid groups is 1. The summed E-state index contributed by atoms with van der Waals surface area (Å²) < 4.78 is 27.0. The first kappa shape index (κ1) is 14.9. The maximum Gasteiger partial charge on any atom is 0.557 e. The van der Waals surface area contributed by atoms with Crippen molar-refractivity contribution in [2.75, 3.05) is 13.2 Å². The van der Waals surface area contributed by atoms with Gasteiger partial charge in [-0.25, -0.2) is 9.45 Å². The van der Waals surface area contributed by atoms with Gasteiger partial charge in [0.15, 0.2) is 0 Å². The molecular formula is C12H17O5P. The summed E-state index contributed by atoms with van der Waals surface area (Å²) in [6.07, 6.45) is 0. The summed E-state index contributed by atoms with van der Waals surface area (Å²) in [6.45, 7) is 7.37. The molecule has 1 unspecified atom stereocenters. The van der Waals surface area contributed by atoms with Gasteiger partial charge >= 0.3 is 7.82 Å². The van der Waals surface area contributed by atoms with Crippen LogP contribution in [0.5, 0.6) is 5.75 Å². The first-order chi connectivity index (χ1) is 8.56. The Morgan fingerprint density at radius 3 is 2.56 bits per heavy atom. The zero-order valence-corrected chi connectivity index (χ0v) is 11.4. The van der Waals surface area contributed by atoms with E-state index in [0.29, 0.717) is 5.75 Å². The van der Waals surface area contributed by atoms with Gasteiger partial charge in [0.2, 0.25) is 0 Å². The molecule has 0 saturated heterocycles. The lowest BCUT2D eigenvalue weighted by Crippen LogP contribution is -2.04. The molecule has 0 spiro atoms. The van der Waals surface area contributed by atoms with Crippen LogP contribution in [0.15, 0.2) is 42.5 Å². The Bertz CT molecular complexity index is 418. The van der Waals surface area contributed by atoms with Gasteiger partial charge in [-0.3, -0.25) is 4.52 Å². The second-order valence-electron chi connectivity index (χ2n) is 3.56. The number of phosphoric ester groups is 1. The van der Waals surface area contributed by atoms with Crippen molar-refractivity contribution < 1.29 is 23.2 Å². The summed E-state index contributed by atoms with van der Waals surface area (Å²) in [4.78, 5) is 4.77.